The fourth-order valence-corrected chi connectivity index (χ4v) is 0.918. The van der Waals surface area contributed by atoms with E-state index in [0.717, 1.165) is 0 Å². The molecule has 7 heavy (non-hydrogen) atoms. The van der Waals surface area contributed by atoms with E-state index in [9.17, 15) is 0 Å². The largest absolute Gasteiger partial charge is 0.0928 e. The Bertz CT molecular complexity index is 23.4. The standard InChI is InChI=1S/C6H13Br/c1-2-3-4-5-6-7/h2-6H2,1H3/i6+1. The molecule has 0 fully saturated rings. The van der Waals surface area contributed by atoms with E-state index in [1.54, 1.807) is 0 Å². The lowest BCUT2D eigenvalue weighted by Gasteiger charge is -1.89. The van der Waals surface area contributed by atoms with Gasteiger partial charge in [0.25, 0.3) is 0 Å². The van der Waals surface area contributed by atoms with Gasteiger partial charge in [-0.15, -0.1) is 0 Å². The van der Waals surface area contributed by atoms with Gasteiger partial charge < -0.3 is 0 Å². The third-order valence-corrected chi connectivity index (χ3v) is 1.55. The van der Waals surface area contributed by atoms with E-state index in [1.165, 1.54) is 31.0 Å². The molecule has 0 heterocycles. The van der Waals surface area contributed by atoms with Crippen LogP contribution in [0.2, 0.25) is 0 Å². The molecule has 0 saturated heterocycles. The molecule has 0 aromatic carbocycles. The molecule has 0 aliphatic heterocycles. The molecule has 0 aliphatic rings. The van der Waals surface area contributed by atoms with Crippen molar-refractivity contribution >= 4 is 15.9 Å². The fourth-order valence-electron chi connectivity index (χ4n) is 0.521. The third-order valence-electron chi connectivity index (χ3n) is 0.987. The number of unbranched alkanes of at least 4 members (excludes halogenated alkanes) is 3. The molecule has 0 saturated carbocycles. The van der Waals surface area contributed by atoms with Crippen molar-refractivity contribution in [3.63, 3.8) is 0 Å². The van der Waals surface area contributed by atoms with Crippen LogP contribution in [0.3, 0.4) is 0 Å². The van der Waals surface area contributed by atoms with Crippen LogP contribution in [-0.2, 0) is 0 Å². The molecule has 0 spiro atoms. The minimum Gasteiger partial charge on any atom is -0.0928 e. The third kappa shape index (κ3) is 6.48. The molecule has 0 amide bonds. The zero-order valence-corrected chi connectivity index (χ0v) is 6.50. The van der Waals surface area contributed by atoms with Gasteiger partial charge in [0, 0.05) is 5.33 Å². The highest BCUT2D eigenvalue weighted by atomic mass is 79.9. The normalized spacial score (nSPS) is 9.43. The first-order valence-electron chi connectivity index (χ1n) is 2.97. The van der Waals surface area contributed by atoms with Crippen molar-refractivity contribution in [1.29, 1.82) is 0 Å². The van der Waals surface area contributed by atoms with Crippen LogP contribution in [0.25, 0.3) is 0 Å². The Hall–Kier alpha value is 0.480. The summed E-state index contributed by atoms with van der Waals surface area (Å²) in [7, 11) is 0. The van der Waals surface area contributed by atoms with Crippen LogP contribution in [0.15, 0.2) is 0 Å². The number of halogens is 1. The SMILES string of the molecule is CCCCC[13CH2]Br. The van der Waals surface area contributed by atoms with Gasteiger partial charge in [0.15, 0.2) is 0 Å². The van der Waals surface area contributed by atoms with Gasteiger partial charge in [0.1, 0.15) is 0 Å². The molecule has 0 bridgehead atoms. The number of hydrogen-bond acceptors (Lipinski definition) is 0. The van der Waals surface area contributed by atoms with Gasteiger partial charge in [-0.1, -0.05) is 42.1 Å². The van der Waals surface area contributed by atoms with Gasteiger partial charge in [-0.2, -0.15) is 0 Å². The van der Waals surface area contributed by atoms with E-state index < -0.39 is 0 Å². The highest BCUT2D eigenvalue weighted by molar-refractivity contribution is 9.09. The predicted octanol–water partition coefficient (Wildman–Crippen LogP) is 2.96. The molecule has 0 N–H and O–H groups in total. The monoisotopic (exact) mass is 165 g/mol. The Morgan fingerprint density at radius 2 is 1.86 bits per heavy atom. The number of rotatable bonds is 4. The van der Waals surface area contributed by atoms with Crippen molar-refractivity contribution in [1.82, 2.24) is 0 Å². The molecule has 0 unspecified atom stereocenters. The smallest absolute Gasteiger partial charge is 0.00313 e. The van der Waals surface area contributed by atoms with Gasteiger partial charge in [-0.05, 0) is 6.42 Å². The number of alkyl halides is 1. The van der Waals surface area contributed by atoms with E-state index in [0.29, 0.717) is 0 Å². The average Bonchev–Trinajstić information content (AvgIpc) is 1.69. The lowest BCUT2D eigenvalue weighted by molar-refractivity contribution is 0.708. The van der Waals surface area contributed by atoms with Crippen LogP contribution >= 0.6 is 15.9 Å². The van der Waals surface area contributed by atoms with Crippen molar-refractivity contribution in [3.05, 3.63) is 0 Å². The van der Waals surface area contributed by atoms with Crippen molar-refractivity contribution in [2.75, 3.05) is 5.33 Å². The highest BCUT2D eigenvalue weighted by Crippen LogP contribution is 1.99. The Kier molecular flexibility index (Phi) is 6.92. The molecular weight excluding hydrogens is 153 g/mol. The summed E-state index contributed by atoms with van der Waals surface area (Å²) >= 11 is 3.38. The Labute approximate surface area is 54.4 Å². The summed E-state index contributed by atoms with van der Waals surface area (Å²) in [6.45, 7) is 2.23. The van der Waals surface area contributed by atoms with E-state index in [-0.39, 0.29) is 0 Å². The summed E-state index contributed by atoms with van der Waals surface area (Å²) in [6, 6.07) is 0. The maximum absolute atomic E-state index is 3.38. The van der Waals surface area contributed by atoms with Crippen LogP contribution < -0.4 is 0 Å². The van der Waals surface area contributed by atoms with E-state index in [2.05, 4.69) is 22.9 Å². The summed E-state index contributed by atoms with van der Waals surface area (Å²) in [6.07, 6.45) is 5.47. The van der Waals surface area contributed by atoms with Gasteiger partial charge in [0.05, 0.1) is 0 Å². The van der Waals surface area contributed by atoms with Crippen LogP contribution in [0.5, 0.6) is 0 Å². The molecule has 0 aliphatic carbocycles. The Morgan fingerprint density at radius 1 is 1.14 bits per heavy atom. The summed E-state index contributed by atoms with van der Waals surface area (Å²) in [5.41, 5.74) is 0. The highest BCUT2D eigenvalue weighted by Gasteiger charge is 1.81. The molecule has 44 valence electrons. The van der Waals surface area contributed by atoms with Crippen molar-refractivity contribution in [3.8, 4) is 0 Å². The zero-order valence-electron chi connectivity index (χ0n) is 4.91. The van der Waals surface area contributed by atoms with E-state index in [4.69, 9.17) is 0 Å². The van der Waals surface area contributed by atoms with E-state index in [1.807, 2.05) is 0 Å². The molecule has 0 rings (SSSR count). The minimum absolute atomic E-state index is 1.17. The Balaban J connectivity index is 2.45. The molecule has 0 nitrogen and oxygen atoms in total. The first-order valence-corrected chi connectivity index (χ1v) is 4.10. The second-order valence-electron chi connectivity index (χ2n) is 1.75. The summed E-state index contributed by atoms with van der Waals surface area (Å²) in [5, 5.41) is 1.17. The predicted molar refractivity (Wildman–Crippen MR) is 37.9 cm³/mol. The lowest BCUT2D eigenvalue weighted by atomic mass is 10.2. The van der Waals surface area contributed by atoms with Gasteiger partial charge in [-0.25, -0.2) is 0 Å². The molecule has 0 radical (unpaired) electrons. The van der Waals surface area contributed by atoms with Crippen LogP contribution in [0, 0.1) is 0 Å². The van der Waals surface area contributed by atoms with Crippen LogP contribution in [0.4, 0.5) is 0 Å². The quantitative estimate of drug-likeness (QED) is 0.342. The average molecular weight is 166 g/mol. The number of hydrogen-bond donors (Lipinski definition) is 0. The summed E-state index contributed by atoms with van der Waals surface area (Å²) < 4.78 is 0. The molecule has 1 heteroatoms. The first kappa shape index (κ1) is 7.48. The van der Waals surface area contributed by atoms with Crippen molar-refractivity contribution in [2.24, 2.45) is 0 Å². The summed E-state index contributed by atoms with van der Waals surface area (Å²) in [4.78, 5) is 0. The van der Waals surface area contributed by atoms with E-state index >= 15 is 0 Å². The van der Waals surface area contributed by atoms with Crippen LogP contribution in [0.1, 0.15) is 32.6 Å². The Morgan fingerprint density at radius 3 is 2.29 bits per heavy atom. The first-order chi connectivity index (χ1) is 3.41. The molecule has 0 atom stereocenters. The topological polar surface area (TPSA) is 0 Å². The van der Waals surface area contributed by atoms with Gasteiger partial charge >= 0.3 is 0 Å². The van der Waals surface area contributed by atoms with Gasteiger partial charge in [0.2, 0.25) is 0 Å². The molecule has 0 aromatic heterocycles. The van der Waals surface area contributed by atoms with Gasteiger partial charge in [-0.3, -0.25) is 0 Å². The zero-order chi connectivity index (χ0) is 5.54. The van der Waals surface area contributed by atoms with Crippen LogP contribution in [-0.4, -0.2) is 5.33 Å². The molecular formula is C6H13Br. The summed E-state index contributed by atoms with van der Waals surface area (Å²) in [5.74, 6) is 0. The van der Waals surface area contributed by atoms with Crippen molar-refractivity contribution < 1.29 is 0 Å². The molecule has 0 aromatic rings. The fraction of sp³-hybridized carbons (Fsp3) is 1.00. The van der Waals surface area contributed by atoms with Crippen molar-refractivity contribution in [2.45, 2.75) is 32.6 Å². The second kappa shape index (κ2) is 6.48. The lowest BCUT2D eigenvalue weighted by Crippen LogP contribution is -1.73. The second-order valence-corrected chi connectivity index (χ2v) is 2.54. The minimum atomic E-state index is 1.17. The maximum atomic E-state index is 3.38. The maximum Gasteiger partial charge on any atom is 0.00313 e.